The van der Waals surface area contributed by atoms with Gasteiger partial charge in [-0.25, -0.2) is 9.07 Å². The molecule has 1 aliphatic rings. The summed E-state index contributed by atoms with van der Waals surface area (Å²) in [6.45, 7) is 0.981. The average molecular weight is 352 g/mol. The van der Waals surface area contributed by atoms with E-state index in [9.17, 15) is 9.18 Å². The molecule has 26 heavy (non-hydrogen) atoms. The van der Waals surface area contributed by atoms with Crippen LogP contribution in [0.3, 0.4) is 0 Å². The number of carbonyl (C=O) groups excluding carboxylic acids is 1. The van der Waals surface area contributed by atoms with E-state index in [0.29, 0.717) is 17.8 Å². The van der Waals surface area contributed by atoms with Gasteiger partial charge in [-0.15, -0.1) is 5.10 Å². The van der Waals surface area contributed by atoms with Crippen LogP contribution in [0, 0.1) is 5.82 Å². The number of aromatic nitrogens is 3. The van der Waals surface area contributed by atoms with E-state index in [0.717, 1.165) is 5.56 Å². The number of benzene rings is 2. The standard InChI is InChI=1S/C19H17FN4O2/c20-15-8-4-5-13(9-15)10-21-19(25)18-16-12-26-17(11-24(16)23-22-18)14-6-2-1-3-7-14/h1-9,17H,10-12H2,(H,21,25)/t17-/m0/s1. The Bertz CT molecular complexity index is 926. The van der Waals surface area contributed by atoms with E-state index < -0.39 is 0 Å². The summed E-state index contributed by atoms with van der Waals surface area (Å²) < 4.78 is 20.8. The molecule has 1 aromatic heterocycles. The minimum absolute atomic E-state index is 0.117. The summed E-state index contributed by atoms with van der Waals surface area (Å²) in [5, 5.41) is 10.8. The third kappa shape index (κ3) is 3.34. The summed E-state index contributed by atoms with van der Waals surface area (Å²) in [6.07, 6.45) is -0.117. The molecular formula is C19H17FN4O2. The maximum absolute atomic E-state index is 13.2. The minimum Gasteiger partial charge on any atom is -0.365 e. The van der Waals surface area contributed by atoms with Crippen molar-refractivity contribution in [2.75, 3.05) is 0 Å². The fourth-order valence-electron chi connectivity index (χ4n) is 2.97. The molecule has 1 amide bonds. The molecule has 2 heterocycles. The zero-order chi connectivity index (χ0) is 17.9. The molecule has 1 atom stereocenters. The molecule has 0 saturated heterocycles. The third-order valence-electron chi connectivity index (χ3n) is 4.33. The first kappa shape index (κ1) is 16.4. The minimum atomic E-state index is -0.350. The van der Waals surface area contributed by atoms with Crippen LogP contribution in [0.5, 0.6) is 0 Å². The Morgan fingerprint density at radius 1 is 1.23 bits per heavy atom. The molecule has 2 aromatic carbocycles. The molecule has 3 aromatic rings. The third-order valence-corrected chi connectivity index (χ3v) is 4.33. The second-order valence-electron chi connectivity index (χ2n) is 6.09. The van der Waals surface area contributed by atoms with Gasteiger partial charge in [0.1, 0.15) is 11.9 Å². The lowest BCUT2D eigenvalue weighted by Gasteiger charge is -2.24. The van der Waals surface area contributed by atoms with Gasteiger partial charge in [0, 0.05) is 6.54 Å². The van der Waals surface area contributed by atoms with E-state index in [4.69, 9.17) is 4.74 Å². The summed E-state index contributed by atoms with van der Waals surface area (Å²) >= 11 is 0. The number of amides is 1. The Morgan fingerprint density at radius 2 is 2.08 bits per heavy atom. The maximum atomic E-state index is 13.2. The van der Waals surface area contributed by atoms with Crippen molar-refractivity contribution in [3.05, 3.63) is 82.9 Å². The molecule has 132 valence electrons. The molecule has 1 N–H and O–H groups in total. The lowest BCUT2D eigenvalue weighted by molar-refractivity contribution is -0.00177. The molecule has 1 aliphatic heterocycles. The van der Waals surface area contributed by atoms with E-state index in [2.05, 4.69) is 15.6 Å². The van der Waals surface area contributed by atoms with Gasteiger partial charge < -0.3 is 10.1 Å². The van der Waals surface area contributed by atoms with Crippen LogP contribution in [0.25, 0.3) is 0 Å². The molecule has 0 saturated carbocycles. The lowest BCUT2D eigenvalue weighted by Crippen LogP contribution is -2.27. The first-order valence-corrected chi connectivity index (χ1v) is 8.32. The van der Waals surface area contributed by atoms with E-state index in [1.165, 1.54) is 12.1 Å². The number of nitrogens with zero attached hydrogens (tertiary/aromatic N) is 3. The number of nitrogens with one attached hydrogen (secondary N) is 1. The first-order chi connectivity index (χ1) is 12.7. The Morgan fingerprint density at radius 3 is 2.88 bits per heavy atom. The zero-order valence-electron chi connectivity index (χ0n) is 13.9. The molecule has 0 bridgehead atoms. The van der Waals surface area contributed by atoms with E-state index in [1.807, 2.05) is 30.3 Å². The number of rotatable bonds is 4. The van der Waals surface area contributed by atoms with Crippen LogP contribution in [0.2, 0.25) is 0 Å². The molecule has 0 fully saturated rings. The monoisotopic (exact) mass is 352 g/mol. The molecule has 7 heteroatoms. The SMILES string of the molecule is O=C(NCc1cccc(F)c1)c1nnn2c1CO[C@H](c1ccccc1)C2. The van der Waals surface area contributed by atoms with Crippen molar-refractivity contribution in [1.29, 1.82) is 0 Å². The Balaban J connectivity index is 1.45. The van der Waals surface area contributed by atoms with Crippen LogP contribution in [0.15, 0.2) is 54.6 Å². The highest BCUT2D eigenvalue weighted by Crippen LogP contribution is 2.26. The highest BCUT2D eigenvalue weighted by molar-refractivity contribution is 5.93. The quantitative estimate of drug-likeness (QED) is 0.784. The topological polar surface area (TPSA) is 69.0 Å². The van der Waals surface area contributed by atoms with Gasteiger partial charge in [-0.3, -0.25) is 4.79 Å². The van der Waals surface area contributed by atoms with E-state index >= 15 is 0 Å². The summed E-state index contributed by atoms with van der Waals surface area (Å²) in [5.74, 6) is -0.685. The molecular weight excluding hydrogens is 335 g/mol. The summed E-state index contributed by atoms with van der Waals surface area (Å²) in [7, 11) is 0. The number of halogens is 1. The zero-order valence-corrected chi connectivity index (χ0v) is 13.9. The van der Waals surface area contributed by atoms with Crippen LogP contribution in [0.4, 0.5) is 4.39 Å². The van der Waals surface area contributed by atoms with E-state index in [-0.39, 0.29) is 36.7 Å². The molecule has 6 nitrogen and oxygen atoms in total. The highest BCUT2D eigenvalue weighted by Gasteiger charge is 2.27. The summed E-state index contributed by atoms with van der Waals surface area (Å²) in [4.78, 5) is 12.4. The normalized spacial score (nSPS) is 16.1. The molecule has 0 unspecified atom stereocenters. The average Bonchev–Trinajstić information content (AvgIpc) is 3.10. The Hall–Kier alpha value is -3.06. The Kier molecular flexibility index (Phi) is 4.45. The fraction of sp³-hybridized carbons (Fsp3) is 0.211. The summed E-state index contributed by atoms with van der Waals surface area (Å²) in [5.41, 5.74) is 2.63. The predicted molar refractivity (Wildman–Crippen MR) is 91.6 cm³/mol. The van der Waals surface area contributed by atoms with Crippen molar-refractivity contribution in [3.8, 4) is 0 Å². The lowest BCUT2D eigenvalue weighted by atomic mass is 10.1. The van der Waals surface area contributed by atoms with Crippen LogP contribution >= 0.6 is 0 Å². The molecule has 0 radical (unpaired) electrons. The van der Waals surface area contributed by atoms with Crippen LogP contribution < -0.4 is 5.32 Å². The molecule has 0 spiro atoms. The molecule has 0 aliphatic carbocycles. The second kappa shape index (κ2) is 7.05. The highest BCUT2D eigenvalue weighted by atomic mass is 19.1. The fourth-order valence-corrected chi connectivity index (χ4v) is 2.97. The van der Waals surface area contributed by atoms with Crippen LogP contribution in [-0.2, 0) is 24.4 Å². The van der Waals surface area contributed by atoms with Gasteiger partial charge in [-0.1, -0.05) is 47.7 Å². The second-order valence-corrected chi connectivity index (χ2v) is 6.09. The van der Waals surface area contributed by atoms with Crippen molar-refractivity contribution in [2.45, 2.75) is 25.8 Å². The van der Waals surface area contributed by atoms with Gasteiger partial charge >= 0.3 is 0 Å². The maximum Gasteiger partial charge on any atom is 0.274 e. The van der Waals surface area contributed by atoms with Gasteiger partial charge in [-0.2, -0.15) is 0 Å². The van der Waals surface area contributed by atoms with Gasteiger partial charge in [-0.05, 0) is 23.3 Å². The van der Waals surface area contributed by atoms with Crippen molar-refractivity contribution < 1.29 is 13.9 Å². The van der Waals surface area contributed by atoms with Gasteiger partial charge in [0.2, 0.25) is 0 Å². The van der Waals surface area contributed by atoms with Gasteiger partial charge in [0.15, 0.2) is 5.69 Å². The number of hydrogen-bond acceptors (Lipinski definition) is 4. The van der Waals surface area contributed by atoms with Gasteiger partial charge in [0.25, 0.3) is 5.91 Å². The smallest absolute Gasteiger partial charge is 0.274 e. The number of ether oxygens (including phenoxy) is 1. The molecule has 4 rings (SSSR count). The van der Waals surface area contributed by atoms with Crippen LogP contribution in [-0.4, -0.2) is 20.9 Å². The first-order valence-electron chi connectivity index (χ1n) is 8.32. The number of carbonyl (C=O) groups is 1. The summed E-state index contributed by atoms with van der Waals surface area (Å²) in [6, 6.07) is 16.0. The van der Waals surface area contributed by atoms with Gasteiger partial charge in [0.05, 0.1) is 18.8 Å². The van der Waals surface area contributed by atoms with Crippen molar-refractivity contribution in [3.63, 3.8) is 0 Å². The van der Waals surface area contributed by atoms with Crippen molar-refractivity contribution >= 4 is 5.91 Å². The van der Waals surface area contributed by atoms with Crippen molar-refractivity contribution in [1.82, 2.24) is 20.3 Å². The Labute approximate surface area is 149 Å². The largest absolute Gasteiger partial charge is 0.365 e. The van der Waals surface area contributed by atoms with E-state index in [1.54, 1.807) is 16.8 Å². The number of fused-ring (bicyclic) bond motifs is 1. The number of hydrogen-bond donors (Lipinski definition) is 1. The van der Waals surface area contributed by atoms with Crippen LogP contribution in [0.1, 0.15) is 33.4 Å². The van der Waals surface area contributed by atoms with Crippen molar-refractivity contribution in [2.24, 2.45) is 0 Å². The predicted octanol–water partition coefficient (Wildman–Crippen LogP) is 2.62.